The summed E-state index contributed by atoms with van der Waals surface area (Å²) in [5, 5.41) is 20.7. The van der Waals surface area contributed by atoms with E-state index in [2.05, 4.69) is 13.8 Å². The first-order valence-electron chi connectivity index (χ1n) is 12.1. The van der Waals surface area contributed by atoms with Crippen molar-refractivity contribution in [2.24, 2.45) is 10.8 Å². The van der Waals surface area contributed by atoms with Crippen LogP contribution in [0.4, 0.5) is 0 Å². The van der Waals surface area contributed by atoms with Crippen molar-refractivity contribution < 1.29 is 109 Å². The molecular formula is C26H46KLiO8. The van der Waals surface area contributed by atoms with Gasteiger partial charge in [-0.15, -0.1) is 0 Å². The van der Waals surface area contributed by atoms with E-state index in [1.165, 1.54) is 0 Å². The molecule has 36 heavy (non-hydrogen) atoms. The van der Waals surface area contributed by atoms with Crippen molar-refractivity contribution >= 4 is 23.9 Å². The van der Waals surface area contributed by atoms with Crippen LogP contribution >= 0.6 is 0 Å². The van der Waals surface area contributed by atoms with Gasteiger partial charge in [0.25, 0.3) is 0 Å². The molecule has 0 radical (unpaired) electrons. The van der Waals surface area contributed by atoms with E-state index in [0.29, 0.717) is 0 Å². The van der Waals surface area contributed by atoms with Crippen LogP contribution in [0.25, 0.3) is 0 Å². The van der Waals surface area contributed by atoms with Crippen molar-refractivity contribution in [1.82, 2.24) is 0 Å². The van der Waals surface area contributed by atoms with Gasteiger partial charge < -0.3 is 29.3 Å². The molecule has 0 aromatic carbocycles. The Kier molecular flexibility index (Phi) is 23.0. The van der Waals surface area contributed by atoms with Gasteiger partial charge in [0.1, 0.15) is 11.2 Å². The molecule has 0 N–H and O–H groups in total. The fourth-order valence-electron chi connectivity index (χ4n) is 3.00. The minimum atomic E-state index is -1.40. The molecule has 0 rings (SSSR count). The predicted molar refractivity (Wildman–Crippen MR) is 126 cm³/mol. The third-order valence-corrected chi connectivity index (χ3v) is 6.44. The molecule has 0 fully saturated rings. The summed E-state index contributed by atoms with van der Waals surface area (Å²) in [5.74, 6) is -4.25. The topological polar surface area (TPSA) is 133 Å². The Hall–Kier alpha value is 0.114. The first-order chi connectivity index (χ1) is 15.2. The molecule has 0 amide bonds. The number of rotatable bonds is 12. The summed E-state index contributed by atoms with van der Waals surface area (Å²) in [6, 6.07) is 0. The van der Waals surface area contributed by atoms with Crippen molar-refractivity contribution in [3.8, 4) is 0 Å². The van der Waals surface area contributed by atoms with Gasteiger partial charge in [-0.2, -0.15) is 0 Å². The smallest absolute Gasteiger partial charge is 0.550 e. The quantitative estimate of drug-likeness (QED) is 0.151. The third kappa shape index (κ3) is 17.6. The molecular weight excluding hydrogens is 486 g/mol. The molecule has 0 aromatic heterocycles. The molecule has 0 aromatic rings. The number of aliphatic carboxylic acids is 2. The number of hydrogen-bond acceptors (Lipinski definition) is 8. The number of carboxylic acid groups (broad SMARTS) is 2. The fraction of sp³-hybridized carbons (Fsp3) is 0.846. The SMILES string of the molecule is CCCCC(C)(OC(=O)CC(=O)[O-])C(C)(C)C.CCCCC(C)(OC(=O)CC(=O)[O-])C(C)(C)C.[K+].[Li+]. The van der Waals surface area contributed by atoms with E-state index in [4.69, 9.17) is 9.47 Å². The normalized spacial score (nSPS) is 14.3. The molecule has 0 spiro atoms. The number of carbonyl (C=O) groups is 4. The largest absolute Gasteiger partial charge is 1.00 e. The Labute approximate surface area is 273 Å². The summed E-state index contributed by atoms with van der Waals surface area (Å²) in [4.78, 5) is 43.6. The van der Waals surface area contributed by atoms with Gasteiger partial charge in [-0.25, -0.2) is 0 Å². The summed E-state index contributed by atoms with van der Waals surface area (Å²) >= 11 is 0. The molecule has 0 heterocycles. The zero-order chi connectivity index (χ0) is 27.4. The van der Waals surface area contributed by atoms with Crippen LogP contribution in [0.1, 0.15) is 121 Å². The van der Waals surface area contributed by atoms with Crippen LogP contribution in [0.15, 0.2) is 0 Å². The number of hydrogen-bond donors (Lipinski definition) is 0. The third-order valence-electron chi connectivity index (χ3n) is 6.44. The molecule has 0 aliphatic carbocycles. The average molecular weight is 533 g/mol. The summed E-state index contributed by atoms with van der Waals surface area (Å²) in [6.07, 6.45) is 3.97. The Morgan fingerprint density at radius 3 is 1.03 bits per heavy atom. The second-order valence-electron chi connectivity index (χ2n) is 11.2. The standard InChI is InChI=1S/2C13H24O4.K.Li/c2*1-6-7-8-13(5,12(2,3)4)17-11(16)9-10(14)15;;/h2*6-9H2,1-5H3,(H,14,15);;/q;;2*+1/p-2. The second-order valence-corrected chi connectivity index (χ2v) is 11.2. The van der Waals surface area contributed by atoms with E-state index in [-0.39, 0.29) is 81.1 Å². The molecule has 0 aliphatic heterocycles. The van der Waals surface area contributed by atoms with E-state index < -0.39 is 47.9 Å². The van der Waals surface area contributed by atoms with Gasteiger partial charge in [0, 0.05) is 10.8 Å². The number of unbranched alkanes of at least 4 members (excludes halogenated alkanes) is 2. The monoisotopic (exact) mass is 532 g/mol. The van der Waals surface area contributed by atoms with Gasteiger partial charge in [-0.3, -0.25) is 9.59 Å². The molecule has 0 saturated heterocycles. The van der Waals surface area contributed by atoms with E-state index in [1.54, 1.807) is 0 Å². The van der Waals surface area contributed by atoms with Crippen LogP contribution in [0.5, 0.6) is 0 Å². The van der Waals surface area contributed by atoms with Crippen molar-refractivity contribution in [2.75, 3.05) is 0 Å². The van der Waals surface area contributed by atoms with Crippen molar-refractivity contribution in [2.45, 2.75) is 132 Å². The predicted octanol–water partition coefficient (Wildman–Crippen LogP) is -2.66. The second kappa shape index (κ2) is 19.2. The number of carbonyl (C=O) groups excluding carboxylic acids is 4. The van der Waals surface area contributed by atoms with Gasteiger partial charge in [0.2, 0.25) is 0 Å². The Bertz CT molecular complexity index is 626. The van der Waals surface area contributed by atoms with Crippen LogP contribution in [0.2, 0.25) is 0 Å². The van der Waals surface area contributed by atoms with E-state index >= 15 is 0 Å². The van der Waals surface area contributed by atoms with Crippen LogP contribution in [-0.4, -0.2) is 35.1 Å². The molecule has 0 aliphatic rings. The summed E-state index contributed by atoms with van der Waals surface area (Å²) in [7, 11) is 0. The fourth-order valence-corrected chi connectivity index (χ4v) is 3.00. The minimum Gasteiger partial charge on any atom is -0.550 e. The summed E-state index contributed by atoms with van der Waals surface area (Å²) in [6.45, 7) is 19.7. The van der Waals surface area contributed by atoms with Crippen LogP contribution in [-0.2, 0) is 28.7 Å². The molecule has 0 saturated carbocycles. The van der Waals surface area contributed by atoms with Crippen molar-refractivity contribution in [1.29, 1.82) is 0 Å². The average Bonchev–Trinajstić information content (AvgIpc) is 2.62. The maximum absolute atomic E-state index is 11.4. The van der Waals surface area contributed by atoms with Gasteiger partial charge >= 0.3 is 82.2 Å². The van der Waals surface area contributed by atoms with E-state index in [1.807, 2.05) is 55.4 Å². The molecule has 8 nitrogen and oxygen atoms in total. The van der Waals surface area contributed by atoms with Crippen LogP contribution in [0, 0.1) is 10.8 Å². The Morgan fingerprint density at radius 2 is 0.861 bits per heavy atom. The van der Waals surface area contributed by atoms with Gasteiger partial charge in [-0.1, -0.05) is 68.2 Å². The number of ether oxygens (including phenoxy) is 2. The molecule has 200 valence electrons. The van der Waals surface area contributed by atoms with Gasteiger partial charge in [0.05, 0.1) is 24.8 Å². The molecule has 0 bridgehead atoms. The van der Waals surface area contributed by atoms with Crippen LogP contribution in [0.3, 0.4) is 0 Å². The van der Waals surface area contributed by atoms with Crippen molar-refractivity contribution in [3.63, 3.8) is 0 Å². The summed E-state index contributed by atoms with van der Waals surface area (Å²) < 4.78 is 10.7. The minimum absolute atomic E-state index is 0. The first-order valence-corrected chi connectivity index (χ1v) is 12.1. The maximum Gasteiger partial charge on any atom is 1.00 e. The van der Waals surface area contributed by atoms with E-state index in [0.717, 1.165) is 38.5 Å². The van der Waals surface area contributed by atoms with Crippen molar-refractivity contribution in [3.05, 3.63) is 0 Å². The zero-order valence-electron chi connectivity index (χ0n) is 24.9. The van der Waals surface area contributed by atoms with Crippen LogP contribution < -0.4 is 80.5 Å². The first kappa shape index (κ1) is 43.2. The van der Waals surface area contributed by atoms with Gasteiger partial charge in [-0.05, 0) is 39.5 Å². The Balaban J connectivity index is -0.000000269. The Morgan fingerprint density at radius 1 is 0.611 bits per heavy atom. The number of carboxylic acids is 2. The van der Waals surface area contributed by atoms with Gasteiger partial charge in [0.15, 0.2) is 0 Å². The summed E-state index contributed by atoms with van der Waals surface area (Å²) in [5.41, 5.74) is -1.75. The zero-order valence-corrected chi connectivity index (χ0v) is 28.0. The molecule has 10 heteroatoms. The molecule has 2 atom stereocenters. The maximum atomic E-state index is 11.4. The number of esters is 2. The molecule has 2 unspecified atom stereocenters. The van der Waals surface area contributed by atoms with E-state index in [9.17, 15) is 29.4 Å².